The zero-order chi connectivity index (χ0) is 11.7. The van der Waals surface area contributed by atoms with Crippen molar-refractivity contribution in [2.75, 3.05) is 6.54 Å². The molecule has 1 N–H and O–H groups in total. The molecular weight excluding hydrogens is 184 g/mol. The molecule has 0 radical (unpaired) electrons. The summed E-state index contributed by atoms with van der Waals surface area (Å²) in [6.07, 6.45) is 8.20. The van der Waals surface area contributed by atoms with Crippen molar-refractivity contribution >= 4 is 5.71 Å². The Kier molecular flexibility index (Phi) is 6.63. The predicted octanol–water partition coefficient (Wildman–Crippen LogP) is 3.09. The Bertz CT molecular complexity index is 260. The van der Waals surface area contributed by atoms with E-state index in [4.69, 9.17) is 0 Å². The fourth-order valence-corrected chi connectivity index (χ4v) is 0.899. The smallest absolute Gasteiger partial charge is 0.0541 e. The minimum Gasteiger partial charge on any atom is -0.306 e. The van der Waals surface area contributed by atoms with Crippen LogP contribution in [0.15, 0.2) is 42.6 Å². The Hall–Kier alpha value is -1.15. The number of allylic oxidation sites excluding steroid dienone is 2. The SMILES string of the molecule is C=C/C=C\C(CNC(C)(C)CC)=N/C=C. The molecule has 0 fully saturated rings. The van der Waals surface area contributed by atoms with Crippen LogP contribution in [-0.4, -0.2) is 17.8 Å². The van der Waals surface area contributed by atoms with Gasteiger partial charge in [-0.2, -0.15) is 0 Å². The van der Waals surface area contributed by atoms with Crippen molar-refractivity contribution in [3.63, 3.8) is 0 Å². The van der Waals surface area contributed by atoms with E-state index in [2.05, 4.69) is 44.2 Å². The lowest BCUT2D eigenvalue weighted by Gasteiger charge is -2.24. The number of nitrogens with zero attached hydrogens (tertiary/aromatic N) is 1. The molecular formula is C13H22N2. The zero-order valence-corrected chi connectivity index (χ0v) is 10.1. The molecule has 0 saturated carbocycles. The van der Waals surface area contributed by atoms with Gasteiger partial charge in [0, 0.05) is 18.3 Å². The Labute approximate surface area is 93.5 Å². The lowest BCUT2D eigenvalue weighted by Crippen LogP contribution is -2.41. The lowest BCUT2D eigenvalue weighted by atomic mass is 10.0. The van der Waals surface area contributed by atoms with E-state index in [1.54, 1.807) is 12.3 Å². The van der Waals surface area contributed by atoms with E-state index in [0.29, 0.717) is 0 Å². The Morgan fingerprint density at radius 3 is 2.53 bits per heavy atom. The Balaban J connectivity index is 4.31. The van der Waals surface area contributed by atoms with Crippen LogP contribution in [0.25, 0.3) is 0 Å². The molecule has 0 aliphatic rings. The monoisotopic (exact) mass is 206 g/mol. The average molecular weight is 206 g/mol. The summed E-state index contributed by atoms with van der Waals surface area (Å²) >= 11 is 0. The maximum atomic E-state index is 4.18. The molecule has 2 nitrogen and oxygen atoms in total. The molecule has 0 aliphatic heterocycles. The molecule has 0 aromatic rings. The van der Waals surface area contributed by atoms with Gasteiger partial charge in [-0.1, -0.05) is 32.2 Å². The van der Waals surface area contributed by atoms with Crippen LogP contribution < -0.4 is 5.32 Å². The quantitative estimate of drug-likeness (QED) is 0.502. The van der Waals surface area contributed by atoms with E-state index in [1.807, 2.05) is 12.2 Å². The van der Waals surface area contributed by atoms with Gasteiger partial charge in [-0.25, -0.2) is 0 Å². The minimum absolute atomic E-state index is 0.143. The highest BCUT2D eigenvalue weighted by Gasteiger charge is 2.13. The molecule has 0 saturated heterocycles. The van der Waals surface area contributed by atoms with Crippen molar-refractivity contribution in [1.82, 2.24) is 5.32 Å². The summed E-state index contributed by atoms with van der Waals surface area (Å²) in [5.74, 6) is 0. The molecule has 2 heteroatoms. The highest BCUT2D eigenvalue weighted by Crippen LogP contribution is 2.06. The van der Waals surface area contributed by atoms with E-state index in [9.17, 15) is 0 Å². The molecule has 0 amide bonds. The summed E-state index contributed by atoms with van der Waals surface area (Å²) in [4.78, 5) is 4.18. The van der Waals surface area contributed by atoms with E-state index >= 15 is 0 Å². The summed E-state index contributed by atoms with van der Waals surface area (Å²) in [7, 11) is 0. The summed E-state index contributed by atoms with van der Waals surface area (Å²) in [5.41, 5.74) is 1.11. The second kappa shape index (κ2) is 7.18. The van der Waals surface area contributed by atoms with Crippen LogP contribution in [0.5, 0.6) is 0 Å². The third kappa shape index (κ3) is 6.86. The first-order valence-corrected chi connectivity index (χ1v) is 5.27. The van der Waals surface area contributed by atoms with Crippen molar-refractivity contribution in [1.29, 1.82) is 0 Å². The lowest BCUT2D eigenvalue weighted by molar-refractivity contribution is 0.399. The van der Waals surface area contributed by atoms with E-state index in [-0.39, 0.29) is 5.54 Å². The molecule has 0 atom stereocenters. The number of hydrogen-bond acceptors (Lipinski definition) is 2. The van der Waals surface area contributed by atoms with Gasteiger partial charge >= 0.3 is 0 Å². The van der Waals surface area contributed by atoms with Gasteiger partial charge in [-0.3, -0.25) is 4.99 Å². The van der Waals surface area contributed by atoms with Gasteiger partial charge in [0.25, 0.3) is 0 Å². The second-order valence-electron chi connectivity index (χ2n) is 3.99. The van der Waals surface area contributed by atoms with E-state index in [1.165, 1.54) is 0 Å². The van der Waals surface area contributed by atoms with Crippen LogP contribution in [0.2, 0.25) is 0 Å². The van der Waals surface area contributed by atoms with Crippen molar-refractivity contribution in [3.05, 3.63) is 37.6 Å². The zero-order valence-electron chi connectivity index (χ0n) is 10.1. The van der Waals surface area contributed by atoms with Crippen molar-refractivity contribution in [2.24, 2.45) is 4.99 Å². The van der Waals surface area contributed by atoms with Gasteiger partial charge in [-0.05, 0) is 26.3 Å². The third-order valence-corrected chi connectivity index (χ3v) is 2.31. The number of nitrogens with one attached hydrogen (secondary N) is 1. The first kappa shape index (κ1) is 13.8. The molecule has 0 heterocycles. The summed E-state index contributed by atoms with van der Waals surface area (Å²) in [5, 5.41) is 3.44. The average Bonchev–Trinajstić information content (AvgIpc) is 2.22. The molecule has 0 bridgehead atoms. The van der Waals surface area contributed by atoms with Crippen molar-refractivity contribution < 1.29 is 0 Å². The molecule has 15 heavy (non-hydrogen) atoms. The van der Waals surface area contributed by atoms with Crippen LogP contribution in [-0.2, 0) is 0 Å². The predicted molar refractivity (Wildman–Crippen MR) is 69.3 cm³/mol. The van der Waals surface area contributed by atoms with E-state index in [0.717, 1.165) is 18.7 Å². The van der Waals surface area contributed by atoms with Crippen LogP contribution in [0.3, 0.4) is 0 Å². The molecule has 0 unspecified atom stereocenters. The summed E-state index contributed by atoms with van der Waals surface area (Å²) in [6, 6.07) is 0. The summed E-state index contributed by atoms with van der Waals surface area (Å²) in [6.45, 7) is 14.5. The molecule has 0 aliphatic carbocycles. The van der Waals surface area contributed by atoms with Gasteiger partial charge in [0.15, 0.2) is 0 Å². The first-order chi connectivity index (χ1) is 7.05. The second-order valence-corrected chi connectivity index (χ2v) is 3.99. The summed E-state index contributed by atoms with van der Waals surface area (Å²) < 4.78 is 0. The van der Waals surface area contributed by atoms with Crippen LogP contribution in [0, 0.1) is 0 Å². The number of aliphatic imine (C=N–C) groups is 1. The molecule has 84 valence electrons. The molecule has 0 aromatic carbocycles. The van der Waals surface area contributed by atoms with Crippen LogP contribution >= 0.6 is 0 Å². The Morgan fingerprint density at radius 1 is 1.40 bits per heavy atom. The van der Waals surface area contributed by atoms with Crippen molar-refractivity contribution in [3.8, 4) is 0 Å². The van der Waals surface area contributed by atoms with Gasteiger partial charge in [-0.15, -0.1) is 0 Å². The fraction of sp³-hybridized carbons (Fsp3) is 0.462. The largest absolute Gasteiger partial charge is 0.306 e. The fourth-order valence-electron chi connectivity index (χ4n) is 0.899. The molecule has 0 aromatic heterocycles. The van der Waals surface area contributed by atoms with Crippen molar-refractivity contribution in [2.45, 2.75) is 32.7 Å². The Morgan fingerprint density at radius 2 is 2.07 bits per heavy atom. The molecule has 0 rings (SSSR count). The van der Waals surface area contributed by atoms with Gasteiger partial charge in [0.1, 0.15) is 0 Å². The normalized spacial score (nSPS) is 13.1. The third-order valence-electron chi connectivity index (χ3n) is 2.31. The van der Waals surface area contributed by atoms with Gasteiger partial charge in [0.05, 0.1) is 5.71 Å². The number of rotatable bonds is 7. The topological polar surface area (TPSA) is 24.4 Å². The van der Waals surface area contributed by atoms with E-state index < -0.39 is 0 Å². The minimum atomic E-state index is 0.143. The van der Waals surface area contributed by atoms with Crippen LogP contribution in [0.4, 0.5) is 0 Å². The highest BCUT2D eigenvalue weighted by molar-refractivity contribution is 5.97. The number of hydrogen-bond donors (Lipinski definition) is 1. The maximum Gasteiger partial charge on any atom is 0.0541 e. The highest BCUT2D eigenvalue weighted by atomic mass is 15.0. The standard InChI is InChI=1S/C13H22N2/c1-6-9-10-12(14-8-3)11-15-13(4,5)7-2/h6,8-10,15H,1,3,7,11H2,2,4-5H3/b10-9-,14-12+. The molecule has 0 spiro atoms. The van der Waals surface area contributed by atoms with Gasteiger partial charge in [0.2, 0.25) is 0 Å². The van der Waals surface area contributed by atoms with Crippen LogP contribution in [0.1, 0.15) is 27.2 Å². The maximum absolute atomic E-state index is 4.18. The first-order valence-electron chi connectivity index (χ1n) is 5.27. The van der Waals surface area contributed by atoms with Gasteiger partial charge < -0.3 is 5.32 Å².